The molecule has 100 valence electrons. The predicted molar refractivity (Wildman–Crippen MR) is 67.8 cm³/mol. The zero-order valence-corrected chi connectivity index (χ0v) is 10.8. The minimum atomic E-state index is -0.785. The smallest absolute Gasteiger partial charge is 0.231 e. The Morgan fingerprint density at radius 2 is 1.94 bits per heavy atom. The fraction of sp³-hybridized carbons (Fsp3) is 0.700. The summed E-state index contributed by atoms with van der Waals surface area (Å²) < 4.78 is 0. The number of aromatic nitrogens is 3. The molecule has 2 heterocycles. The molecular formula is C10H16ClN5O2. The van der Waals surface area contributed by atoms with E-state index in [4.69, 9.17) is 11.6 Å². The molecule has 0 aromatic carbocycles. The van der Waals surface area contributed by atoms with E-state index in [1.54, 1.807) is 4.90 Å². The Labute approximate surface area is 110 Å². The van der Waals surface area contributed by atoms with Crippen molar-refractivity contribution in [3.05, 3.63) is 5.28 Å². The van der Waals surface area contributed by atoms with Gasteiger partial charge in [-0.1, -0.05) is 6.92 Å². The van der Waals surface area contributed by atoms with E-state index in [2.05, 4.69) is 20.3 Å². The second kappa shape index (κ2) is 5.64. The van der Waals surface area contributed by atoms with E-state index in [0.29, 0.717) is 11.9 Å². The normalized spacial score (nSPS) is 23.4. The summed E-state index contributed by atoms with van der Waals surface area (Å²) in [5.41, 5.74) is 0. The van der Waals surface area contributed by atoms with Crippen LogP contribution in [0.4, 0.5) is 11.9 Å². The Morgan fingerprint density at radius 1 is 1.28 bits per heavy atom. The van der Waals surface area contributed by atoms with Crippen LogP contribution in [0.15, 0.2) is 0 Å². The molecule has 0 aliphatic carbocycles. The molecule has 0 bridgehead atoms. The quantitative estimate of drug-likeness (QED) is 0.704. The maximum absolute atomic E-state index is 9.50. The SMILES string of the molecule is CCCNc1nc(Cl)nc(N2CC(O)C(O)C2)n1. The van der Waals surface area contributed by atoms with Gasteiger partial charge in [0.2, 0.25) is 17.2 Å². The zero-order chi connectivity index (χ0) is 13.1. The molecule has 7 nitrogen and oxygen atoms in total. The number of nitrogens with one attached hydrogen (secondary N) is 1. The number of halogens is 1. The maximum Gasteiger partial charge on any atom is 0.231 e. The number of rotatable bonds is 4. The lowest BCUT2D eigenvalue weighted by Crippen LogP contribution is -2.24. The van der Waals surface area contributed by atoms with E-state index >= 15 is 0 Å². The van der Waals surface area contributed by atoms with E-state index in [-0.39, 0.29) is 18.4 Å². The Hall–Kier alpha value is -1.18. The molecule has 2 unspecified atom stereocenters. The lowest BCUT2D eigenvalue weighted by molar-refractivity contribution is 0.0572. The van der Waals surface area contributed by atoms with Crippen molar-refractivity contribution in [3.63, 3.8) is 0 Å². The van der Waals surface area contributed by atoms with Gasteiger partial charge in [-0.25, -0.2) is 0 Å². The highest BCUT2D eigenvalue weighted by Crippen LogP contribution is 2.19. The number of hydrogen-bond acceptors (Lipinski definition) is 7. The van der Waals surface area contributed by atoms with E-state index in [1.165, 1.54) is 0 Å². The van der Waals surface area contributed by atoms with Crippen LogP contribution in [0.25, 0.3) is 0 Å². The standard InChI is InChI=1S/C10H16ClN5O2/c1-2-3-12-9-13-8(11)14-10(15-9)16-4-6(17)7(18)5-16/h6-7,17-18H,2-5H2,1H3,(H,12,13,14,15). The van der Waals surface area contributed by atoms with Crippen molar-refractivity contribution in [1.82, 2.24) is 15.0 Å². The summed E-state index contributed by atoms with van der Waals surface area (Å²) >= 11 is 5.83. The van der Waals surface area contributed by atoms with Crippen molar-refractivity contribution in [1.29, 1.82) is 0 Å². The molecule has 1 fully saturated rings. The van der Waals surface area contributed by atoms with Crippen molar-refractivity contribution in [3.8, 4) is 0 Å². The van der Waals surface area contributed by atoms with Gasteiger partial charge < -0.3 is 20.4 Å². The van der Waals surface area contributed by atoms with Crippen molar-refractivity contribution < 1.29 is 10.2 Å². The van der Waals surface area contributed by atoms with Crippen LogP contribution in [0.2, 0.25) is 5.28 Å². The molecule has 8 heteroatoms. The first-order chi connectivity index (χ1) is 8.60. The van der Waals surface area contributed by atoms with Gasteiger partial charge in [0, 0.05) is 19.6 Å². The molecule has 1 aliphatic heterocycles. The molecule has 18 heavy (non-hydrogen) atoms. The fourth-order valence-corrected chi connectivity index (χ4v) is 1.89. The van der Waals surface area contributed by atoms with E-state index in [9.17, 15) is 10.2 Å². The number of aliphatic hydroxyl groups is 2. The first-order valence-electron chi connectivity index (χ1n) is 5.86. The second-order valence-corrected chi connectivity index (χ2v) is 4.53. The number of aliphatic hydroxyl groups excluding tert-OH is 2. The van der Waals surface area contributed by atoms with Gasteiger partial charge >= 0.3 is 0 Å². The molecule has 0 spiro atoms. The molecule has 3 N–H and O–H groups in total. The lowest BCUT2D eigenvalue weighted by Gasteiger charge is -2.15. The minimum absolute atomic E-state index is 0.0921. The molecule has 2 atom stereocenters. The van der Waals surface area contributed by atoms with Crippen LogP contribution in [0.1, 0.15) is 13.3 Å². The molecule has 0 amide bonds. The molecule has 1 aromatic heterocycles. The first-order valence-corrected chi connectivity index (χ1v) is 6.24. The zero-order valence-electron chi connectivity index (χ0n) is 10.0. The third-order valence-corrected chi connectivity index (χ3v) is 2.84. The van der Waals surface area contributed by atoms with Crippen molar-refractivity contribution >= 4 is 23.5 Å². The average Bonchev–Trinajstić information content (AvgIpc) is 2.66. The Bertz CT molecular complexity index is 409. The fourth-order valence-electron chi connectivity index (χ4n) is 1.73. The number of β-amino-alcohol motifs (C(OH)–C–C–N with tert-alkyl or cyclic N) is 2. The third kappa shape index (κ3) is 2.98. The van der Waals surface area contributed by atoms with Crippen molar-refractivity contribution in [2.75, 3.05) is 29.9 Å². The average molecular weight is 274 g/mol. The number of anilines is 2. The third-order valence-electron chi connectivity index (χ3n) is 2.67. The number of nitrogens with zero attached hydrogens (tertiary/aromatic N) is 4. The topological polar surface area (TPSA) is 94.4 Å². The summed E-state index contributed by atoms with van der Waals surface area (Å²) in [7, 11) is 0. The number of hydrogen-bond donors (Lipinski definition) is 3. The van der Waals surface area contributed by atoms with E-state index in [0.717, 1.165) is 13.0 Å². The second-order valence-electron chi connectivity index (χ2n) is 4.19. The first kappa shape index (κ1) is 13.3. The van der Waals surface area contributed by atoms with Gasteiger partial charge in [-0.3, -0.25) is 0 Å². The summed E-state index contributed by atoms with van der Waals surface area (Å²) in [5, 5.41) is 22.1. The van der Waals surface area contributed by atoms with Crippen LogP contribution < -0.4 is 10.2 Å². The summed E-state index contributed by atoms with van der Waals surface area (Å²) in [6.45, 7) is 3.35. The van der Waals surface area contributed by atoms with E-state index in [1.807, 2.05) is 6.92 Å². The van der Waals surface area contributed by atoms with Crippen LogP contribution in [-0.4, -0.2) is 57.0 Å². The summed E-state index contributed by atoms with van der Waals surface area (Å²) in [4.78, 5) is 13.8. The minimum Gasteiger partial charge on any atom is -0.388 e. The monoisotopic (exact) mass is 273 g/mol. The maximum atomic E-state index is 9.50. The molecule has 1 aromatic rings. The van der Waals surface area contributed by atoms with Gasteiger partial charge in [0.1, 0.15) is 0 Å². The molecule has 0 radical (unpaired) electrons. The van der Waals surface area contributed by atoms with Gasteiger partial charge in [-0.2, -0.15) is 15.0 Å². The van der Waals surface area contributed by atoms with Crippen LogP contribution in [0, 0.1) is 0 Å². The summed E-state index contributed by atoms with van der Waals surface area (Å²) in [6, 6.07) is 0. The summed E-state index contributed by atoms with van der Waals surface area (Å²) in [5.74, 6) is 0.770. The van der Waals surface area contributed by atoms with Crippen LogP contribution >= 0.6 is 11.6 Å². The molecule has 2 rings (SSSR count). The van der Waals surface area contributed by atoms with Crippen LogP contribution in [0.5, 0.6) is 0 Å². The summed E-state index contributed by atoms with van der Waals surface area (Å²) in [6.07, 6.45) is -0.625. The lowest BCUT2D eigenvalue weighted by atomic mass is 10.3. The molecule has 1 aliphatic rings. The van der Waals surface area contributed by atoms with Crippen molar-refractivity contribution in [2.24, 2.45) is 0 Å². The van der Waals surface area contributed by atoms with Crippen LogP contribution in [-0.2, 0) is 0 Å². The van der Waals surface area contributed by atoms with Gasteiger partial charge in [-0.05, 0) is 18.0 Å². The van der Waals surface area contributed by atoms with Gasteiger partial charge in [-0.15, -0.1) is 0 Å². The van der Waals surface area contributed by atoms with Crippen molar-refractivity contribution in [2.45, 2.75) is 25.6 Å². The molecule has 0 saturated carbocycles. The van der Waals surface area contributed by atoms with Gasteiger partial charge in [0.25, 0.3) is 0 Å². The Morgan fingerprint density at radius 3 is 2.56 bits per heavy atom. The largest absolute Gasteiger partial charge is 0.388 e. The highest BCUT2D eigenvalue weighted by Gasteiger charge is 2.31. The predicted octanol–water partition coefficient (Wildman–Crippen LogP) is -0.111. The van der Waals surface area contributed by atoms with E-state index < -0.39 is 12.2 Å². The highest BCUT2D eigenvalue weighted by molar-refractivity contribution is 6.28. The van der Waals surface area contributed by atoms with Gasteiger partial charge in [0.15, 0.2) is 0 Å². The van der Waals surface area contributed by atoms with Gasteiger partial charge in [0.05, 0.1) is 12.2 Å². The van der Waals surface area contributed by atoms with Crippen LogP contribution in [0.3, 0.4) is 0 Å². The Kier molecular flexibility index (Phi) is 4.15. The Balaban J connectivity index is 2.15. The molecule has 1 saturated heterocycles. The molecular weight excluding hydrogens is 258 g/mol. The highest BCUT2D eigenvalue weighted by atomic mass is 35.5.